The van der Waals surface area contributed by atoms with Crippen molar-refractivity contribution in [2.75, 3.05) is 19.6 Å². The first-order valence-electron chi connectivity index (χ1n) is 7.38. The minimum absolute atomic E-state index is 0.0552. The van der Waals surface area contributed by atoms with E-state index in [-0.39, 0.29) is 17.6 Å². The van der Waals surface area contributed by atoms with Crippen LogP contribution in [-0.2, 0) is 0 Å². The van der Waals surface area contributed by atoms with E-state index in [9.17, 15) is 14.9 Å². The first-order valence-corrected chi connectivity index (χ1v) is 7.38. The van der Waals surface area contributed by atoms with Gasteiger partial charge in [-0.05, 0) is 31.9 Å². The highest BCUT2D eigenvalue weighted by Crippen LogP contribution is 2.15. The van der Waals surface area contributed by atoms with Crippen molar-refractivity contribution in [1.29, 1.82) is 0 Å². The SMILES string of the molecule is CCCN1CCC(NC(=O)c2cccc([N+](=O)[O-])c2)CC1. The van der Waals surface area contributed by atoms with Gasteiger partial charge < -0.3 is 10.2 Å². The second-order valence-corrected chi connectivity index (χ2v) is 5.40. The first kappa shape index (κ1) is 15.4. The van der Waals surface area contributed by atoms with Crippen LogP contribution in [0.4, 0.5) is 5.69 Å². The van der Waals surface area contributed by atoms with Crippen LogP contribution >= 0.6 is 0 Å². The van der Waals surface area contributed by atoms with Crippen molar-refractivity contribution in [3.05, 3.63) is 39.9 Å². The number of nitro benzene ring substituents is 1. The van der Waals surface area contributed by atoms with Crippen LogP contribution < -0.4 is 5.32 Å². The van der Waals surface area contributed by atoms with Crippen LogP contribution in [0.1, 0.15) is 36.5 Å². The summed E-state index contributed by atoms with van der Waals surface area (Å²) in [6.45, 7) is 5.25. The fourth-order valence-corrected chi connectivity index (χ4v) is 2.65. The molecule has 1 N–H and O–H groups in total. The van der Waals surface area contributed by atoms with Crippen LogP contribution in [0.15, 0.2) is 24.3 Å². The molecule has 0 atom stereocenters. The minimum atomic E-state index is -0.486. The van der Waals surface area contributed by atoms with E-state index in [4.69, 9.17) is 0 Å². The molecule has 6 nitrogen and oxygen atoms in total. The number of amides is 1. The van der Waals surface area contributed by atoms with Gasteiger partial charge in [0, 0.05) is 36.8 Å². The molecule has 0 aromatic heterocycles. The van der Waals surface area contributed by atoms with Gasteiger partial charge in [0.2, 0.25) is 0 Å². The highest BCUT2D eigenvalue weighted by atomic mass is 16.6. The lowest BCUT2D eigenvalue weighted by molar-refractivity contribution is -0.384. The van der Waals surface area contributed by atoms with E-state index >= 15 is 0 Å². The number of carbonyl (C=O) groups is 1. The average Bonchev–Trinajstić information content (AvgIpc) is 2.49. The second-order valence-electron chi connectivity index (χ2n) is 5.40. The largest absolute Gasteiger partial charge is 0.349 e. The summed E-state index contributed by atoms with van der Waals surface area (Å²) in [4.78, 5) is 24.8. The smallest absolute Gasteiger partial charge is 0.270 e. The number of non-ortho nitro benzene ring substituents is 1. The molecular weight excluding hydrogens is 270 g/mol. The maximum atomic E-state index is 12.1. The normalized spacial score (nSPS) is 16.6. The van der Waals surface area contributed by atoms with E-state index in [1.807, 2.05) is 0 Å². The number of hydrogen-bond acceptors (Lipinski definition) is 4. The van der Waals surface area contributed by atoms with Crippen LogP contribution in [0.5, 0.6) is 0 Å². The van der Waals surface area contributed by atoms with E-state index in [2.05, 4.69) is 17.1 Å². The molecule has 6 heteroatoms. The number of nitro groups is 1. The lowest BCUT2D eigenvalue weighted by Gasteiger charge is -2.32. The molecule has 1 heterocycles. The van der Waals surface area contributed by atoms with Crippen molar-refractivity contribution >= 4 is 11.6 Å². The third-order valence-corrected chi connectivity index (χ3v) is 3.78. The molecule has 2 rings (SSSR count). The number of nitrogens with zero attached hydrogens (tertiary/aromatic N) is 2. The third-order valence-electron chi connectivity index (χ3n) is 3.78. The van der Waals surface area contributed by atoms with Gasteiger partial charge in [-0.1, -0.05) is 13.0 Å². The van der Waals surface area contributed by atoms with E-state index < -0.39 is 4.92 Å². The van der Waals surface area contributed by atoms with Gasteiger partial charge in [-0.3, -0.25) is 14.9 Å². The molecule has 1 saturated heterocycles. The topological polar surface area (TPSA) is 75.5 Å². The standard InChI is InChI=1S/C15H21N3O3/c1-2-8-17-9-6-13(7-10-17)16-15(19)12-4-3-5-14(11-12)18(20)21/h3-5,11,13H,2,6-10H2,1H3,(H,16,19). The second kappa shape index (κ2) is 7.17. The molecule has 0 saturated carbocycles. The molecule has 1 aromatic rings. The Labute approximate surface area is 124 Å². The molecule has 0 spiro atoms. The number of benzene rings is 1. The molecule has 114 valence electrons. The number of carbonyl (C=O) groups excluding carboxylic acids is 1. The number of likely N-dealkylation sites (tertiary alicyclic amines) is 1. The zero-order chi connectivity index (χ0) is 15.2. The van der Waals surface area contributed by atoms with Crippen LogP contribution in [-0.4, -0.2) is 41.4 Å². The Balaban J connectivity index is 1.90. The third kappa shape index (κ3) is 4.26. The number of nitrogens with one attached hydrogen (secondary N) is 1. The van der Waals surface area contributed by atoms with Gasteiger partial charge in [-0.2, -0.15) is 0 Å². The van der Waals surface area contributed by atoms with Crippen molar-refractivity contribution in [2.24, 2.45) is 0 Å². The summed E-state index contributed by atoms with van der Waals surface area (Å²) in [7, 11) is 0. The lowest BCUT2D eigenvalue weighted by atomic mass is 10.0. The van der Waals surface area contributed by atoms with Gasteiger partial charge in [-0.25, -0.2) is 0 Å². The first-order chi connectivity index (χ1) is 10.1. The van der Waals surface area contributed by atoms with Crippen molar-refractivity contribution < 1.29 is 9.72 Å². The van der Waals surface area contributed by atoms with Crippen LogP contribution in [0.2, 0.25) is 0 Å². The van der Waals surface area contributed by atoms with E-state index in [0.29, 0.717) is 5.56 Å². The Morgan fingerprint density at radius 1 is 1.43 bits per heavy atom. The Bertz CT molecular complexity index is 511. The van der Waals surface area contributed by atoms with Crippen molar-refractivity contribution in [3.8, 4) is 0 Å². The molecule has 1 fully saturated rings. The highest BCUT2D eigenvalue weighted by molar-refractivity contribution is 5.95. The van der Waals surface area contributed by atoms with Crippen LogP contribution in [0.25, 0.3) is 0 Å². The average molecular weight is 291 g/mol. The zero-order valence-corrected chi connectivity index (χ0v) is 12.2. The van der Waals surface area contributed by atoms with Crippen molar-refractivity contribution in [3.63, 3.8) is 0 Å². The molecule has 1 aliphatic rings. The molecule has 1 aliphatic heterocycles. The maximum absolute atomic E-state index is 12.1. The van der Waals surface area contributed by atoms with Crippen molar-refractivity contribution in [2.45, 2.75) is 32.2 Å². The number of hydrogen-bond donors (Lipinski definition) is 1. The summed E-state index contributed by atoms with van der Waals surface area (Å²) < 4.78 is 0. The molecule has 0 bridgehead atoms. The van der Waals surface area contributed by atoms with Gasteiger partial charge >= 0.3 is 0 Å². The predicted octanol–water partition coefficient (Wildman–Crippen LogP) is 2.20. The molecule has 0 aliphatic carbocycles. The van der Waals surface area contributed by atoms with E-state index in [1.54, 1.807) is 6.07 Å². The van der Waals surface area contributed by atoms with E-state index in [0.717, 1.165) is 38.9 Å². The molecular formula is C15H21N3O3. The lowest BCUT2D eigenvalue weighted by Crippen LogP contribution is -2.44. The van der Waals surface area contributed by atoms with Gasteiger partial charge in [-0.15, -0.1) is 0 Å². The fraction of sp³-hybridized carbons (Fsp3) is 0.533. The predicted molar refractivity (Wildman–Crippen MR) is 80.3 cm³/mol. The van der Waals surface area contributed by atoms with Crippen molar-refractivity contribution in [1.82, 2.24) is 10.2 Å². The van der Waals surface area contributed by atoms with Gasteiger partial charge in [0.1, 0.15) is 0 Å². The molecule has 0 radical (unpaired) electrons. The monoisotopic (exact) mass is 291 g/mol. The van der Waals surface area contributed by atoms with Gasteiger partial charge in [0.05, 0.1) is 4.92 Å². The highest BCUT2D eigenvalue weighted by Gasteiger charge is 2.21. The van der Waals surface area contributed by atoms with E-state index in [1.165, 1.54) is 18.2 Å². The Hall–Kier alpha value is -1.95. The summed E-state index contributed by atoms with van der Waals surface area (Å²) in [5, 5.41) is 13.7. The quantitative estimate of drug-likeness (QED) is 0.666. The maximum Gasteiger partial charge on any atom is 0.270 e. The summed E-state index contributed by atoms with van der Waals surface area (Å²) in [6.07, 6.45) is 3.01. The summed E-state index contributed by atoms with van der Waals surface area (Å²) in [6, 6.07) is 6.01. The van der Waals surface area contributed by atoms with Gasteiger partial charge in [0.15, 0.2) is 0 Å². The summed E-state index contributed by atoms with van der Waals surface area (Å²) in [5.41, 5.74) is 0.292. The Kier molecular flexibility index (Phi) is 5.27. The number of piperidine rings is 1. The number of rotatable bonds is 5. The zero-order valence-electron chi connectivity index (χ0n) is 12.2. The van der Waals surface area contributed by atoms with Gasteiger partial charge in [0.25, 0.3) is 11.6 Å². The Morgan fingerprint density at radius 2 is 2.14 bits per heavy atom. The fourth-order valence-electron chi connectivity index (χ4n) is 2.65. The molecule has 0 unspecified atom stereocenters. The Morgan fingerprint density at radius 3 is 2.76 bits per heavy atom. The molecule has 21 heavy (non-hydrogen) atoms. The molecule has 1 aromatic carbocycles. The summed E-state index contributed by atoms with van der Waals surface area (Å²) >= 11 is 0. The summed E-state index contributed by atoms with van der Waals surface area (Å²) in [5.74, 6) is -0.229. The minimum Gasteiger partial charge on any atom is -0.349 e. The molecule has 1 amide bonds. The van der Waals surface area contributed by atoms with Crippen LogP contribution in [0, 0.1) is 10.1 Å². The van der Waals surface area contributed by atoms with Crippen LogP contribution in [0.3, 0.4) is 0 Å².